The molecule has 0 N–H and O–H groups in total. The average Bonchev–Trinajstić information content (AvgIpc) is 1.58. The predicted octanol–water partition coefficient (Wildman–Crippen LogP) is 4.01. The largest absolute Gasteiger partial charge is 0.487 e. The minimum atomic E-state index is -5.29. The lowest BCUT2D eigenvalue weighted by molar-refractivity contribution is -0.329. The van der Waals surface area contributed by atoms with Gasteiger partial charge in [0.05, 0.1) is 127 Å². The van der Waals surface area contributed by atoms with Crippen LogP contribution in [-0.4, -0.2) is 148 Å². The van der Waals surface area contributed by atoms with E-state index in [0.717, 1.165) is 0 Å². The van der Waals surface area contributed by atoms with Crippen molar-refractivity contribution in [2.24, 2.45) is 47.3 Å². The Morgan fingerprint density at radius 3 is 0.785 bits per heavy atom. The van der Waals surface area contributed by atoms with Gasteiger partial charge in [0, 0.05) is 23.7 Å². The lowest BCUT2D eigenvalue weighted by Gasteiger charge is -2.53. The second-order valence-electron chi connectivity index (χ2n) is 22.0. The van der Waals surface area contributed by atoms with Gasteiger partial charge in [-0.2, -0.15) is 26.3 Å². The lowest BCUT2D eigenvalue weighted by Crippen LogP contribution is -2.65. The average molecular weight is 1120 g/mol. The number of fused-ring (bicyclic) bond motifs is 26. The third kappa shape index (κ3) is 7.50. The van der Waals surface area contributed by atoms with Gasteiger partial charge in [0.1, 0.15) is 26.4 Å². The summed E-state index contributed by atoms with van der Waals surface area (Å²) in [6.45, 7) is 2.17. The predicted molar refractivity (Wildman–Crippen MR) is 262 cm³/mol. The summed E-state index contributed by atoms with van der Waals surface area (Å²) in [7, 11) is 0. The molecule has 424 valence electrons. The number of hydrogen-bond acceptors (Lipinski definition) is 15. The molecule has 4 fully saturated rings. The van der Waals surface area contributed by atoms with Gasteiger partial charge in [0.15, 0.2) is 34.2 Å². The summed E-state index contributed by atoms with van der Waals surface area (Å²) in [6, 6.07) is 5.57. The molecule has 2 saturated heterocycles. The van der Waals surface area contributed by atoms with E-state index >= 15 is 26.3 Å². The van der Waals surface area contributed by atoms with Crippen molar-refractivity contribution in [3.05, 3.63) is 88.0 Å². The molecule has 0 amide bonds. The van der Waals surface area contributed by atoms with Gasteiger partial charge in [0.25, 0.3) is 22.2 Å². The highest BCUT2D eigenvalue weighted by molar-refractivity contribution is 5.85. The fourth-order valence-electron chi connectivity index (χ4n) is 16.0. The standard InChI is InChI=1S/C54H56F6N4O15/c55-53(56,57)51-43-27-17-28(36-24-62-48(66)32-20-40-39(19-31(32)47(65)61(62)23-35(27)36)75-13-9-71-5-1-69-2-6-72-10-14-76-40)44(43)52(79-51,54(58,59)60)46-30-18-29(45(46)51)37-25-63-49(67)33-21-41-42(22-34(33)50(68)64(63)26-38(30)37)78-16-12-74-8-4-70-3-7-73-11-15-77-41/h19-22,27-30,43-46H,1-18,23-26H2/t27-,28+,29+,30-,43?,44?,45?,46?,51?,52?. The van der Waals surface area contributed by atoms with Crippen LogP contribution in [0.25, 0.3) is 21.5 Å². The van der Waals surface area contributed by atoms with E-state index in [-0.39, 0.29) is 136 Å². The highest BCUT2D eigenvalue weighted by Gasteiger charge is 2.95. The van der Waals surface area contributed by atoms with Gasteiger partial charge in [-0.25, -0.2) is 18.7 Å². The summed E-state index contributed by atoms with van der Waals surface area (Å²) in [6.07, 6.45) is -10.7. The Kier molecular flexibility index (Phi) is 12.3. The molecular formula is C54H56F6N4O15. The number of aromatic nitrogens is 4. The molecule has 2 saturated carbocycles. The molecule has 0 radical (unpaired) electrons. The van der Waals surface area contributed by atoms with Gasteiger partial charge in [-0.1, -0.05) is 0 Å². The van der Waals surface area contributed by atoms with Crippen molar-refractivity contribution in [2.75, 3.05) is 106 Å². The maximum atomic E-state index is 16.7. The molecule has 14 rings (SSSR count). The smallest absolute Gasteiger partial charge is 0.418 e. The zero-order valence-electron chi connectivity index (χ0n) is 42.7. The molecule has 79 heavy (non-hydrogen) atoms. The molecule has 10 aliphatic rings. The van der Waals surface area contributed by atoms with E-state index in [1.807, 2.05) is 0 Å². The highest BCUT2D eigenvalue weighted by Crippen LogP contribution is 2.85. The number of halogens is 6. The zero-order chi connectivity index (χ0) is 54.3. The topological polar surface area (TPSA) is 190 Å². The molecule has 0 spiro atoms. The molecule has 6 unspecified atom stereocenters. The van der Waals surface area contributed by atoms with Crippen molar-refractivity contribution in [2.45, 2.75) is 62.6 Å². The number of benzene rings is 2. The first kappa shape index (κ1) is 51.4. The van der Waals surface area contributed by atoms with Gasteiger partial charge in [-0.15, -0.1) is 0 Å². The van der Waals surface area contributed by atoms with Crippen LogP contribution in [-0.2, 0) is 59.3 Å². The maximum absolute atomic E-state index is 16.7. The minimum Gasteiger partial charge on any atom is -0.487 e. The minimum absolute atomic E-state index is 0.0348. The Morgan fingerprint density at radius 1 is 0.354 bits per heavy atom. The van der Waals surface area contributed by atoms with Crippen LogP contribution >= 0.6 is 0 Å². The van der Waals surface area contributed by atoms with E-state index in [9.17, 15) is 19.2 Å². The monoisotopic (exact) mass is 1110 g/mol. The number of nitrogens with zero attached hydrogens (tertiary/aromatic N) is 4. The Balaban J connectivity index is 0.815. The normalized spacial score (nSPS) is 32.8. The molecular weight excluding hydrogens is 1060 g/mol. The van der Waals surface area contributed by atoms with Gasteiger partial charge in [-0.3, -0.25) is 19.2 Å². The second-order valence-corrected chi connectivity index (χ2v) is 22.0. The second kappa shape index (κ2) is 18.9. The molecule has 4 aromatic rings. The molecule has 10 atom stereocenters. The van der Waals surface area contributed by atoms with Crippen molar-refractivity contribution in [3.8, 4) is 23.0 Å². The Labute approximate surface area is 444 Å². The van der Waals surface area contributed by atoms with Gasteiger partial charge in [0.2, 0.25) is 0 Å². The van der Waals surface area contributed by atoms with Crippen LogP contribution in [0.2, 0.25) is 0 Å². The number of allylic oxidation sites excluding steroid dienone is 4. The van der Waals surface area contributed by atoms with Crippen LogP contribution < -0.4 is 41.2 Å². The van der Waals surface area contributed by atoms with Crippen LogP contribution in [0.3, 0.4) is 0 Å². The Hall–Kier alpha value is -5.70. The molecule has 8 heterocycles. The highest BCUT2D eigenvalue weighted by atomic mass is 19.4. The van der Waals surface area contributed by atoms with Crippen molar-refractivity contribution in [1.29, 1.82) is 0 Å². The molecule has 2 aromatic heterocycles. The van der Waals surface area contributed by atoms with Crippen LogP contribution in [0.5, 0.6) is 23.0 Å². The maximum Gasteiger partial charge on any atom is 0.418 e. The molecule has 25 heteroatoms. The SMILES string of the molecule is O=c1c2cc3c(cc2c(=O)n2n1CC1=C(C2)[C@@H]2C[C@H]1C1C2C2(C(F)(F)F)OC1(C(F)(F)F)C1C2[C@@H]2C[C@H]1C1=C2Cn2c(=O)c4cc5c(cc4c(=O)n2C1)OCCOCCOCCOCCO5)OCCOCCOCCOCCO3. The summed E-state index contributed by atoms with van der Waals surface area (Å²) in [5.41, 5.74) is -7.40. The van der Waals surface area contributed by atoms with Crippen molar-refractivity contribution in [3.63, 3.8) is 0 Å². The zero-order valence-corrected chi connectivity index (χ0v) is 42.7. The first-order chi connectivity index (χ1) is 38.1. The van der Waals surface area contributed by atoms with E-state index in [2.05, 4.69) is 0 Å². The van der Waals surface area contributed by atoms with E-state index < -0.39 is 93.1 Å². The lowest BCUT2D eigenvalue weighted by atomic mass is 9.49. The summed E-state index contributed by atoms with van der Waals surface area (Å²) in [5, 5.41) is -0.139. The van der Waals surface area contributed by atoms with Crippen LogP contribution in [0.4, 0.5) is 26.3 Å². The van der Waals surface area contributed by atoms with E-state index in [1.165, 1.54) is 43.0 Å². The van der Waals surface area contributed by atoms with Gasteiger partial charge < -0.3 is 52.1 Å². The first-order valence-corrected chi connectivity index (χ1v) is 27.0. The number of hydrogen-bond donors (Lipinski definition) is 0. The number of rotatable bonds is 0. The molecule has 19 nitrogen and oxygen atoms in total. The van der Waals surface area contributed by atoms with Crippen molar-refractivity contribution < 1.29 is 78.4 Å². The molecule has 4 aliphatic carbocycles. The molecule has 6 aliphatic heterocycles. The van der Waals surface area contributed by atoms with Crippen LogP contribution in [0.1, 0.15) is 12.8 Å². The first-order valence-electron chi connectivity index (χ1n) is 27.0. The number of alkyl halides is 6. The van der Waals surface area contributed by atoms with Crippen LogP contribution in [0.15, 0.2) is 65.7 Å². The molecule has 2 aromatic carbocycles. The fourth-order valence-corrected chi connectivity index (χ4v) is 16.0. The van der Waals surface area contributed by atoms with E-state index in [0.29, 0.717) is 75.1 Å². The van der Waals surface area contributed by atoms with Crippen molar-refractivity contribution >= 4 is 21.5 Å². The summed E-state index contributed by atoms with van der Waals surface area (Å²) in [4.78, 5) is 58.4. The fraction of sp³-hybridized carbons (Fsp3) is 0.630. The van der Waals surface area contributed by atoms with Crippen molar-refractivity contribution in [1.82, 2.24) is 18.7 Å². The van der Waals surface area contributed by atoms with Gasteiger partial charge in [-0.05, 0) is 83.1 Å². The quantitative estimate of drug-likeness (QED) is 0.181. The van der Waals surface area contributed by atoms with Crippen LogP contribution in [0, 0.1) is 47.3 Å². The molecule has 6 bridgehead atoms. The summed E-state index contributed by atoms with van der Waals surface area (Å²) >= 11 is 0. The van der Waals surface area contributed by atoms with Gasteiger partial charge >= 0.3 is 12.4 Å². The van der Waals surface area contributed by atoms with E-state index in [4.69, 9.17) is 52.1 Å². The summed E-state index contributed by atoms with van der Waals surface area (Å²) < 4.78 is 168. The Bertz CT molecular complexity index is 3070. The van der Waals surface area contributed by atoms with E-state index in [1.54, 1.807) is 0 Å². The Morgan fingerprint density at radius 2 is 0.570 bits per heavy atom. The third-order valence-corrected chi connectivity index (χ3v) is 18.7. The number of ether oxygens (including phenoxy) is 11. The third-order valence-electron chi connectivity index (χ3n) is 18.7. The summed E-state index contributed by atoms with van der Waals surface area (Å²) in [5.74, 6) is -10.3.